The van der Waals surface area contributed by atoms with E-state index in [4.69, 9.17) is 4.74 Å². The maximum Gasteiger partial charge on any atom is 0.140 e. The molecule has 3 aromatic rings. The number of nitrogens with zero attached hydrogens (tertiary/aromatic N) is 3. The molecule has 2 aromatic carbocycles. The summed E-state index contributed by atoms with van der Waals surface area (Å²) in [7, 11) is 1.70. The molecule has 1 aromatic heterocycles. The summed E-state index contributed by atoms with van der Waals surface area (Å²) >= 11 is 0. The van der Waals surface area contributed by atoms with E-state index in [1.165, 1.54) is 12.8 Å². The van der Waals surface area contributed by atoms with Crippen LogP contribution in [0.3, 0.4) is 0 Å². The zero-order chi connectivity index (χ0) is 17.2. The lowest BCUT2D eigenvalue weighted by molar-refractivity contribution is 0.415. The molecule has 25 heavy (non-hydrogen) atoms. The van der Waals surface area contributed by atoms with Crippen LogP contribution in [0.2, 0.25) is 0 Å². The molecule has 128 valence electrons. The molecule has 1 saturated heterocycles. The summed E-state index contributed by atoms with van der Waals surface area (Å²) in [6.45, 7) is 4.43. The second-order valence-electron chi connectivity index (χ2n) is 6.82. The van der Waals surface area contributed by atoms with Gasteiger partial charge in [-0.15, -0.1) is 0 Å². The molecule has 0 aliphatic carbocycles. The van der Waals surface area contributed by atoms with Crippen molar-refractivity contribution in [3.8, 4) is 16.9 Å². The highest BCUT2D eigenvalue weighted by molar-refractivity contribution is 6.02. The van der Waals surface area contributed by atoms with Crippen molar-refractivity contribution in [2.24, 2.45) is 5.92 Å². The van der Waals surface area contributed by atoms with Crippen LogP contribution in [0.1, 0.15) is 19.8 Å². The zero-order valence-corrected chi connectivity index (χ0v) is 14.8. The van der Waals surface area contributed by atoms with Gasteiger partial charge in [-0.25, -0.2) is 9.97 Å². The van der Waals surface area contributed by atoms with Gasteiger partial charge in [0.25, 0.3) is 0 Å². The number of ether oxygens (including phenoxy) is 1. The van der Waals surface area contributed by atoms with E-state index >= 15 is 0 Å². The number of benzene rings is 2. The molecule has 4 rings (SSSR count). The Morgan fingerprint density at radius 2 is 2.00 bits per heavy atom. The lowest BCUT2D eigenvalue weighted by atomic mass is 9.97. The Morgan fingerprint density at radius 1 is 1.12 bits per heavy atom. The fourth-order valence-electron chi connectivity index (χ4n) is 3.75. The summed E-state index contributed by atoms with van der Waals surface area (Å²) < 4.78 is 5.41. The predicted octanol–water partition coefficient (Wildman–Crippen LogP) is 4.54. The van der Waals surface area contributed by atoms with E-state index in [-0.39, 0.29) is 0 Å². The summed E-state index contributed by atoms with van der Waals surface area (Å²) in [6.07, 6.45) is 4.20. The van der Waals surface area contributed by atoms with Gasteiger partial charge in [-0.1, -0.05) is 31.2 Å². The summed E-state index contributed by atoms with van der Waals surface area (Å²) in [6, 6.07) is 14.5. The van der Waals surface area contributed by atoms with E-state index in [9.17, 15) is 0 Å². The lowest BCUT2D eigenvalue weighted by Gasteiger charge is -2.32. The van der Waals surface area contributed by atoms with Gasteiger partial charge < -0.3 is 9.64 Å². The Kier molecular flexibility index (Phi) is 4.26. The van der Waals surface area contributed by atoms with Crippen molar-refractivity contribution in [1.82, 2.24) is 9.97 Å². The molecule has 1 unspecified atom stereocenters. The summed E-state index contributed by atoms with van der Waals surface area (Å²) in [5.41, 5.74) is 3.28. The largest absolute Gasteiger partial charge is 0.497 e. The van der Waals surface area contributed by atoms with Crippen molar-refractivity contribution < 1.29 is 4.74 Å². The highest BCUT2D eigenvalue weighted by Gasteiger charge is 2.21. The molecule has 0 radical (unpaired) electrons. The van der Waals surface area contributed by atoms with Crippen LogP contribution >= 0.6 is 0 Å². The van der Waals surface area contributed by atoms with Gasteiger partial charge in [0.1, 0.15) is 17.9 Å². The van der Waals surface area contributed by atoms with Crippen molar-refractivity contribution in [1.29, 1.82) is 0 Å². The van der Waals surface area contributed by atoms with Gasteiger partial charge in [0.2, 0.25) is 0 Å². The molecule has 4 heteroatoms. The molecule has 2 heterocycles. The van der Waals surface area contributed by atoms with Gasteiger partial charge in [0.15, 0.2) is 0 Å². The molecule has 1 fully saturated rings. The van der Waals surface area contributed by atoms with Gasteiger partial charge in [-0.3, -0.25) is 0 Å². The first kappa shape index (κ1) is 15.9. The van der Waals surface area contributed by atoms with Gasteiger partial charge in [-0.05, 0) is 48.1 Å². The molecule has 0 spiro atoms. The Labute approximate surface area is 148 Å². The maximum atomic E-state index is 5.41. The van der Waals surface area contributed by atoms with Gasteiger partial charge in [-0.2, -0.15) is 0 Å². The molecule has 0 saturated carbocycles. The van der Waals surface area contributed by atoms with Crippen molar-refractivity contribution in [3.05, 3.63) is 48.8 Å². The first-order valence-electron chi connectivity index (χ1n) is 8.89. The van der Waals surface area contributed by atoms with Crippen LogP contribution in [0, 0.1) is 5.92 Å². The molecule has 0 amide bonds. The molecule has 1 atom stereocenters. The highest BCUT2D eigenvalue weighted by Crippen LogP contribution is 2.36. The summed E-state index contributed by atoms with van der Waals surface area (Å²) in [4.78, 5) is 11.6. The quantitative estimate of drug-likeness (QED) is 0.705. The van der Waals surface area contributed by atoms with Gasteiger partial charge >= 0.3 is 0 Å². The first-order chi connectivity index (χ1) is 12.3. The highest BCUT2D eigenvalue weighted by atomic mass is 16.5. The average Bonchev–Trinajstić information content (AvgIpc) is 2.67. The summed E-state index contributed by atoms with van der Waals surface area (Å²) in [5.74, 6) is 2.61. The van der Waals surface area contributed by atoms with Crippen LogP contribution in [0.25, 0.3) is 22.0 Å². The van der Waals surface area contributed by atoms with E-state index in [0.717, 1.165) is 46.7 Å². The first-order valence-corrected chi connectivity index (χ1v) is 8.89. The minimum Gasteiger partial charge on any atom is -0.497 e. The van der Waals surface area contributed by atoms with Crippen LogP contribution in [-0.4, -0.2) is 30.2 Å². The topological polar surface area (TPSA) is 38.3 Å². The van der Waals surface area contributed by atoms with Gasteiger partial charge in [0, 0.05) is 13.1 Å². The van der Waals surface area contributed by atoms with Crippen LogP contribution < -0.4 is 9.64 Å². The Balaban J connectivity index is 1.90. The third-order valence-electron chi connectivity index (χ3n) is 4.98. The van der Waals surface area contributed by atoms with Crippen molar-refractivity contribution in [2.75, 3.05) is 25.1 Å². The number of anilines is 1. The molecule has 1 aliphatic rings. The third kappa shape index (κ3) is 3.04. The van der Waals surface area contributed by atoms with E-state index in [2.05, 4.69) is 52.1 Å². The molecular formula is C21H23N3O. The number of hydrogen-bond donors (Lipinski definition) is 0. The smallest absolute Gasteiger partial charge is 0.140 e. The van der Waals surface area contributed by atoms with Crippen LogP contribution in [0.15, 0.2) is 48.8 Å². The predicted molar refractivity (Wildman–Crippen MR) is 102 cm³/mol. The van der Waals surface area contributed by atoms with E-state index in [1.807, 2.05) is 12.1 Å². The Bertz CT molecular complexity index is 888. The van der Waals surface area contributed by atoms with E-state index in [0.29, 0.717) is 5.92 Å². The fraction of sp³-hybridized carbons (Fsp3) is 0.333. The van der Waals surface area contributed by atoms with Crippen LogP contribution in [0.4, 0.5) is 5.82 Å². The minimum atomic E-state index is 0.697. The number of hydrogen-bond acceptors (Lipinski definition) is 4. The van der Waals surface area contributed by atoms with Crippen molar-refractivity contribution in [3.63, 3.8) is 0 Å². The number of piperidine rings is 1. The number of fused-ring (bicyclic) bond motifs is 1. The minimum absolute atomic E-state index is 0.697. The normalized spacial score (nSPS) is 17.7. The number of rotatable bonds is 3. The second-order valence-corrected chi connectivity index (χ2v) is 6.82. The molecular weight excluding hydrogens is 310 g/mol. The average molecular weight is 333 g/mol. The Hall–Kier alpha value is -2.62. The summed E-state index contributed by atoms with van der Waals surface area (Å²) in [5, 5.41) is 1.13. The standard InChI is InChI=1S/C21H23N3O/c1-15-6-5-11-24(13-15)21-20-18(9-4-10-19(20)22-14-23-21)16-7-3-8-17(12-16)25-2/h3-4,7-10,12,14-15H,5-6,11,13H2,1-2H3. The SMILES string of the molecule is COc1cccc(-c2cccc3ncnc(N4CCCC(C)C4)c23)c1. The third-order valence-corrected chi connectivity index (χ3v) is 4.98. The fourth-order valence-corrected chi connectivity index (χ4v) is 3.75. The van der Waals surface area contributed by atoms with E-state index in [1.54, 1.807) is 13.4 Å². The molecule has 0 N–H and O–H groups in total. The number of methoxy groups -OCH3 is 1. The molecule has 1 aliphatic heterocycles. The molecule has 0 bridgehead atoms. The lowest BCUT2D eigenvalue weighted by Crippen LogP contribution is -2.35. The monoisotopic (exact) mass is 333 g/mol. The van der Waals surface area contributed by atoms with Crippen LogP contribution in [-0.2, 0) is 0 Å². The van der Waals surface area contributed by atoms with E-state index < -0.39 is 0 Å². The number of aromatic nitrogens is 2. The zero-order valence-electron chi connectivity index (χ0n) is 14.8. The molecule has 4 nitrogen and oxygen atoms in total. The van der Waals surface area contributed by atoms with Crippen LogP contribution in [0.5, 0.6) is 5.75 Å². The van der Waals surface area contributed by atoms with Gasteiger partial charge in [0.05, 0.1) is 18.0 Å². The van der Waals surface area contributed by atoms with Crippen molar-refractivity contribution in [2.45, 2.75) is 19.8 Å². The Morgan fingerprint density at radius 3 is 2.84 bits per heavy atom. The second kappa shape index (κ2) is 6.71. The maximum absolute atomic E-state index is 5.41. The van der Waals surface area contributed by atoms with Crippen molar-refractivity contribution >= 4 is 16.7 Å².